The average molecular weight is 265 g/mol. The maximum Gasteiger partial charge on any atom is 0.319 e. The Morgan fingerprint density at radius 1 is 1.47 bits per heavy atom. The Bertz CT molecular complexity index is 413. The van der Waals surface area contributed by atoms with Gasteiger partial charge in [0, 0.05) is 31.8 Å². The van der Waals surface area contributed by atoms with E-state index in [1.165, 1.54) is 0 Å². The number of nitrogens with zero attached hydrogens (tertiary/aromatic N) is 1. The first kappa shape index (κ1) is 13.8. The molecule has 1 heterocycles. The van der Waals surface area contributed by atoms with Crippen LogP contribution in [0.4, 0.5) is 10.5 Å². The summed E-state index contributed by atoms with van der Waals surface area (Å²) in [5.41, 5.74) is 0.710. The van der Waals surface area contributed by atoms with Crippen molar-refractivity contribution in [3.8, 4) is 0 Å². The number of ether oxygens (including phenoxy) is 2. The molecular weight excluding hydrogens is 246 g/mol. The van der Waals surface area contributed by atoms with Gasteiger partial charge in [0.25, 0.3) is 0 Å². The Morgan fingerprint density at radius 2 is 2.21 bits per heavy atom. The van der Waals surface area contributed by atoms with Crippen LogP contribution >= 0.6 is 0 Å². The van der Waals surface area contributed by atoms with Gasteiger partial charge >= 0.3 is 6.03 Å². The van der Waals surface area contributed by atoms with E-state index in [9.17, 15) is 4.79 Å². The highest BCUT2D eigenvalue weighted by Gasteiger charge is 2.42. The third-order valence-corrected chi connectivity index (χ3v) is 3.16. The number of urea groups is 1. The maximum absolute atomic E-state index is 11.8. The zero-order valence-corrected chi connectivity index (χ0v) is 11.1. The molecule has 1 aromatic heterocycles. The standard InChI is InChI=1S/C13H19N3O3/c1-3-19-11-8-10(12(11)18-2)16-13(17)15-9-4-6-14-7-5-9/h4-7,10-12H,3,8H2,1-2H3,(H2,14,15,16,17)/t10-,11-,12-/m1/s1. The minimum atomic E-state index is -0.242. The van der Waals surface area contributed by atoms with Gasteiger partial charge in [-0.15, -0.1) is 0 Å². The van der Waals surface area contributed by atoms with Gasteiger partial charge < -0.3 is 20.1 Å². The molecule has 2 rings (SSSR count). The summed E-state index contributed by atoms with van der Waals surface area (Å²) in [4.78, 5) is 15.7. The van der Waals surface area contributed by atoms with E-state index >= 15 is 0 Å². The number of rotatable bonds is 5. The van der Waals surface area contributed by atoms with E-state index in [4.69, 9.17) is 9.47 Å². The quantitative estimate of drug-likeness (QED) is 0.844. The second-order valence-corrected chi connectivity index (χ2v) is 4.37. The summed E-state index contributed by atoms with van der Waals surface area (Å²) < 4.78 is 10.8. The highest BCUT2D eigenvalue weighted by molar-refractivity contribution is 5.89. The van der Waals surface area contributed by atoms with Crippen LogP contribution in [0.15, 0.2) is 24.5 Å². The van der Waals surface area contributed by atoms with Crippen molar-refractivity contribution in [3.63, 3.8) is 0 Å². The fourth-order valence-corrected chi connectivity index (χ4v) is 2.19. The summed E-state index contributed by atoms with van der Waals surface area (Å²) in [6, 6.07) is 3.21. The number of hydrogen-bond donors (Lipinski definition) is 2. The molecule has 19 heavy (non-hydrogen) atoms. The van der Waals surface area contributed by atoms with Crippen molar-refractivity contribution in [3.05, 3.63) is 24.5 Å². The van der Waals surface area contributed by atoms with E-state index in [-0.39, 0.29) is 24.3 Å². The summed E-state index contributed by atoms with van der Waals surface area (Å²) in [6.07, 6.45) is 4.02. The molecule has 0 radical (unpaired) electrons. The van der Waals surface area contributed by atoms with Gasteiger partial charge in [0.2, 0.25) is 0 Å². The number of amides is 2. The summed E-state index contributed by atoms with van der Waals surface area (Å²) in [7, 11) is 1.63. The van der Waals surface area contributed by atoms with Crippen LogP contribution in [-0.4, -0.2) is 43.0 Å². The van der Waals surface area contributed by atoms with Gasteiger partial charge in [0.15, 0.2) is 0 Å². The van der Waals surface area contributed by atoms with E-state index in [1.54, 1.807) is 31.6 Å². The lowest BCUT2D eigenvalue weighted by Crippen LogP contribution is -2.61. The predicted molar refractivity (Wildman–Crippen MR) is 71.0 cm³/mol. The maximum atomic E-state index is 11.8. The van der Waals surface area contributed by atoms with Crippen molar-refractivity contribution in [2.45, 2.75) is 31.6 Å². The Kier molecular flexibility index (Phi) is 4.70. The van der Waals surface area contributed by atoms with Gasteiger partial charge in [-0.1, -0.05) is 0 Å². The lowest BCUT2D eigenvalue weighted by molar-refractivity contribution is -0.128. The highest BCUT2D eigenvalue weighted by atomic mass is 16.5. The molecule has 104 valence electrons. The third-order valence-electron chi connectivity index (χ3n) is 3.16. The number of carbonyl (C=O) groups excluding carboxylic acids is 1. The van der Waals surface area contributed by atoms with Gasteiger partial charge in [-0.05, 0) is 25.5 Å². The highest BCUT2D eigenvalue weighted by Crippen LogP contribution is 2.26. The van der Waals surface area contributed by atoms with Gasteiger partial charge in [-0.3, -0.25) is 4.98 Å². The van der Waals surface area contributed by atoms with Gasteiger partial charge in [-0.2, -0.15) is 0 Å². The minimum absolute atomic E-state index is 0.0108. The normalized spacial score (nSPS) is 25.5. The molecule has 2 amide bonds. The van der Waals surface area contributed by atoms with E-state index in [1.807, 2.05) is 6.92 Å². The molecule has 0 spiro atoms. The second kappa shape index (κ2) is 6.49. The van der Waals surface area contributed by atoms with Crippen LogP contribution in [0.2, 0.25) is 0 Å². The molecule has 0 aromatic carbocycles. The fraction of sp³-hybridized carbons (Fsp3) is 0.538. The van der Waals surface area contributed by atoms with Crippen molar-refractivity contribution < 1.29 is 14.3 Å². The SMILES string of the molecule is CCO[C@@H]1C[C@@H](NC(=O)Nc2ccncc2)[C@H]1OC. The Hall–Kier alpha value is -1.66. The summed E-state index contributed by atoms with van der Waals surface area (Å²) in [5.74, 6) is 0. The van der Waals surface area contributed by atoms with Crippen LogP contribution in [0, 0.1) is 0 Å². The summed E-state index contributed by atoms with van der Waals surface area (Å²) in [5, 5.41) is 5.62. The predicted octanol–water partition coefficient (Wildman–Crippen LogP) is 1.40. The molecule has 0 aliphatic heterocycles. The van der Waals surface area contributed by atoms with Crippen LogP contribution in [-0.2, 0) is 9.47 Å². The molecule has 1 saturated carbocycles. The lowest BCUT2D eigenvalue weighted by Gasteiger charge is -2.43. The number of anilines is 1. The monoisotopic (exact) mass is 265 g/mol. The van der Waals surface area contributed by atoms with Crippen molar-refractivity contribution >= 4 is 11.7 Å². The number of nitrogens with one attached hydrogen (secondary N) is 2. The van der Waals surface area contributed by atoms with E-state index in [2.05, 4.69) is 15.6 Å². The van der Waals surface area contributed by atoms with Crippen LogP contribution in [0.1, 0.15) is 13.3 Å². The van der Waals surface area contributed by atoms with Crippen LogP contribution in [0.25, 0.3) is 0 Å². The molecule has 6 heteroatoms. The molecular formula is C13H19N3O3. The lowest BCUT2D eigenvalue weighted by atomic mass is 9.85. The van der Waals surface area contributed by atoms with E-state index in [0.29, 0.717) is 12.3 Å². The molecule has 0 unspecified atom stereocenters. The number of methoxy groups -OCH3 is 1. The number of hydrogen-bond acceptors (Lipinski definition) is 4. The van der Waals surface area contributed by atoms with Crippen LogP contribution in [0.5, 0.6) is 0 Å². The first-order valence-corrected chi connectivity index (χ1v) is 6.36. The number of pyridine rings is 1. The molecule has 0 saturated heterocycles. The number of aromatic nitrogens is 1. The minimum Gasteiger partial charge on any atom is -0.377 e. The average Bonchev–Trinajstić information content (AvgIpc) is 2.39. The van der Waals surface area contributed by atoms with Crippen molar-refractivity contribution in [2.75, 3.05) is 19.0 Å². The summed E-state index contributed by atoms with van der Waals surface area (Å²) in [6.45, 7) is 2.60. The van der Waals surface area contributed by atoms with E-state index in [0.717, 1.165) is 6.42 Å². The van der Waals surface area contributed by atoms with E-state index < -0.39 is 0 Å². The molecule has 0 bridgehead atoms. The Labute approximate surface area is 112 Å². The fourth-order valence-electron chi connectivity index (χ4n) is 2.19. The smallest absolute Gasteiger partial charge is 0.319 e. The molecule has 1 aromatic rings. The zero-order chi connectivity index (χ0) is 13.7. The van der Waals surface area contributed by atoms with Crippen molar-refractivity contribution in [1.29, 1.82) is 0 Å². The van der Waals surface area contributed by atoms with Gasteiger partial charge in [0.1, 0.15) is 6.10 Å². The first-order valence-electron chi connectivity index (χ1n) is 6.36. The molecule has 3 atom stereocenters. The van der Waals surface area contributed by atoms with Crippen molar-refractivity contribution in [2.24, 2.45) is 0 Å². The topological polar surface area (TPSA) is 72.5 Å². The molecule has 6 nitrogen and oxygen atoms in total. The molecule has 1 aliphatic rings. The summed E-state index contributed by atoms with van der Waals surface area (Å²) >= 11 is 0. The van der Waals surface area contributed by atoms with Crippen LogP contribution in [0.3, 0.4) is 0 Å². The second-order valence-electron chi connectivity index (χ2n) is 4.37. The molecule has 1 fully saturated rings. The Balaban J connectivity index is 1.80. The molecule has 2 N–H and O–H groups in total. The van der Waals surface area contributed by atoms with Gasteiger partial charge in [0.05, 0.1) is 12.1 Å². The van der Waals surface area contributed by atoms with Crippen molar-refractivity contribution in [1.82, 2.24) is 10.3 Å². The van der Waals surface area contributed by atoms with Crippen LogP contribution < -0.4 is 10.6 Å². The number of carbonyl (C=O) groups is 1. The largest absolute Gasteiger partial charge is 0.377 e. The molecule has 1 aliphatic carbocycles. The third kappa shape index (κ3) is 3.42. The zero-order valence-electron chi connectivity index (χ0n) is 11.1. The Morgan fingerprint density at radius 3 is 2.84 bits per heavy atom. The first-order chi connectivity index (χ1) is 9.24. The van der Waals surface area contributed by atoms with Gasteiger partial charge in [-0.25, -0.2) is 4.79 Å².